The first-order valence-corrected chi connectivity index (χ1v) is 9.35. The maximum absolute atomic E-state index is 12.1. The molecule has 0 aliphatic heterocycles. The molecule has 7 heteroatoms. The van der Waals surface area contributed by atoms with Crippen molar-refractivity contribution in [1.82, 2.24) is 5.32 Å². The van der Waals surface area contributed by atoms with E-state index in [-0.39, 0.29) is 24.1 Å². The predicted octanol–water partition coefficient (Wildman–Crippen LogP) is 2.52. The molecule has 2 aromatic rings. The summed E-state index contributed by atoms with van der Waals surface area (Å²) in [4.78, 5) is 25.3. The average molecular weight is 351 g/mol. The van der Waals surface area contributed by atoms with Gasteiger partial charge in [-0.25, -0.2) is 4.79 Å². The normalized spacial score (nSPS) is 13.1. The third-order valence-electron chi connectivity index (χ3n) is 3.10. The third kappa shape index (κ3) is 4.74. The zero-order valence-electron chi connectivity index (χ0n) is 12.8. The number of carbonyl (C=O) groups is 2. The van der Waals surface area contributed by atoms with Crippen molar-refractivity contribution in [1.29, 1.82) is 0 Å². The van der Waals surface area contributed by atoms with E-state index in [1.54, 1.807) is 29.5 Å². The van der Waals surface area contributed by atoms with Gasteiger partial charge in [-0.2, -0.15) is 0 Å². The molecule has 0 aliphatic rings. The van der Waals surface area contributed by atoms with Crippen molar-refractivity contribution in [2.24, 2.45) is 0 Å². The highest BCUT2D eigenvalue weighted by atomic mass is 32.2. The molecular weight excluding hydrogens is 334 g/mol. The summed E-state index contributed by atoms with van der Waals surface area (Å²) in [6.45, 7) is 1.49. The highest BCUT2D eigenvalue weighted by molar-refractivity contribution is 7.84. The summed E-state index contributed by atoms with van der Waals surface area (Å²) in [5.41, 5.74) is 0.215. The second kappa shape index (κ2) is 8.03. The number of rotatable bonds is 6. The SMILES string of the molecule is C[C@@H](NC(=O)COC(=O)c1ccccc1[S@@](C)=O)c1cccs1. The van der Waals surface area contributed by atoms with Crippen molar-refractivity contribution in [3.63, 3.8) is 0 Å². The zero-order chi connectivity index (χ0) is 16.8. The Morgan fingerprint density at radius 3 is 2.65 bits per heavy atom. The van der Waals surface area contributed by atoms with Gasteiger partial charge in [-0.05, 0) is 30.5 Å². The molecule has 0 fully saturated rings. The van der Waals surface area contributed by atoms with E-state index in [1.807, 2.05) is 24.4 Å². The van der Waals surface area contributed by atoms with Gasteiger partial charge in [0, 0.05) is 11.1 Å². The quantitative estimate of drug-likeness (QED) is 0.812. The van der Waals surface area contributed by atoms with Gasteiger partial charge in [0.15, 0.2) is 6.61 Å². The molecule has 23 heavy (non-hydrogen) atoms. The van der Waals surface area contributed by atoms with Gasteiger partial charge in [0.05, 0.1) is 27.3 Å². The Morgan fingerprint density at radius 1 is 1.26 bits per heavy atom. The van der Waals surface area contributed by atoms with Crippen LogP contribution in [0.25, 0.3) is 0 Å². The summed E-state index contributed by atoms with van der Waals surface area (Å²) in [7, 11) is -1.30. The molecule has 1 aromatic heterocycles. The largest absolute Gasteiger partial charge is 0.452 e. The zero-order valence-corrected chi connectivity index (χ0v) is 14.4. The Labute approximate surface area is 141 Å². The van der Waals surface area contributed by atoms with Crippen molar-refractivity contribution < 1.29 is 18.5 Å². The van der Waals surface area contributed by atoms with Crippen molar-refractivity contribution >= 4 is 34.0 Å². The van der Waals surface area contributed by atoms with Gasteiger partial charge in [0.2, 0.25) is 0 Å². The van der Waals surface area contributed by atoms with Gasteiger partial charge >= 0.3 is 5.97 Å². The van der Waals surface area contributed by atoms with Gasteiger partial charge < -0.3 is 10.1 Å². The van der Waals surface area contributed by atoms with Gasteiger partial charge in [-0.1, -0.05) is 18.2 Å². The van der Waals surface area contributed by atoms with E-state index in [4.69, 9.17) is 4.74 Å². The molecule has 1 amide bonds. The Balaban J connectivity index is 1.92. The Kier molecular flexibility index (Phi) is 6.06. The van der Waals surface area contributed by atoms with Crippen LogP contribution in [0.15, 0.2) is 46.7 Å². The predicted molar refractivity (Wildman–Crippen MR) is 89.9 cm³/mol. The molecule has 1 aromatic carbocycles. The van der Waals surface area contributed by atoms with Crippen LogP contribution in [0.1, 0.15) is 28.2 Å². The van der Waals surface area contributed by atoms with E-state index in [0.717, 1.165) is 4.88 Å². The number of hydrogen-bond donors (Lipinski definition) is 1. The number of nitrogens with one attached hydrogen (secondary N) is 1. The Hall–Kier alpha value is -1.99. The van der Waals surface area contributed by atoms with Gasteiger partial charge in [0.25, 0.3) is 5.91 Å². The molecule has 0 spiro atoms. The van der Waals surface area contributed by atoms with Crippen molar-refractivity contribution in [2.75, 3.05) is 12.9 Å². The van der Waals surface area contributed by atoms with Crippen LogP contribution in [-0.2, 0) is 20.3 Å². The summed E-state index contributed by atoms with van der Waals surface area (Å²) >= 11 is 1.54. The number of amides is 1. The number of carbonyl (C=O) groups excluding carboxylic acids is 2. The fraction of sp³-hybridized carbons (Fsp3) is 0.250. The topological polar surface area (TPSA) is 72.5 Å². The van der Waals surface area contributed by atoms with Crippen molar-refractivity contribution in [3.05, 3.63) is 52.2 Å². The highest BCUT2D eigenvalue weighted by Crippen LogP contribution is 2.18. The minimum absolute atomic E-state index is 0.142. The average Bonchev–Trinajstić information content (AvgIpc) is 3.07. The summed E-state index contributed by atoms with van der Waals surface area (Å²) in [6.07, 6.45) is 1.49. The summed E-state index contributed by atoms with van der Waals surface area (Å²) < 4.78 is 16.6. The van der Waals surface area contributed by atoms with E-state index in [2.05, 4.69) is 5.32 Å². The highest BCUT2D eigenvalue weighted by Gasteiger charge is 2.17. The number of ether oxygens (including phenoxy) is 1. The first-order valence-electron chi connectivity index (χ1n) is 6.91. The van der Waals surface area contributed by atoms with Crippen LogP contribution in [0.5, 0.6) is 0 Å². The van der Waals surface area contributed by atoms with Crippen molar-refractivity contribution in [2.45, 2.75) is 17.9 Å². The second-order valence-corrected chi connectivity index (χ2v) is 7.16. The number of thiophene rings is 1. The molecule has 1 heterocycles. The molecule has 0 bridgehead atoms. The summed E-state index contributed by atoms with van der Waals surface area (Å²) in [5.74, 6) is -1.04. The number of esters is 1. The molecule has 5 nitrogen and oxygen atoms in total. The van der Waals surface area contributed by atoms with E-state index in [0.29, 0.717) is 4.90 Å². The van der Waals surface area contributed by atoms with Gasteiger partial charge in [-0.15, -0.1) is 11.3 Å². The van der Waals surface area contributed by atoms with E-state index in [1.165, 1.54) is 12.3 Å². The molecular formula is C16H17NO4S2. The van der Waals surface area contributed by atoms with E-state index in [9.17, 15) is 13.8 Å². The Morgan fingerprint density at radius 2 is 2.00 bits per heavy atom. The maximum atomic E-state index is 12.1. The second-order valence-electron chi connectivity index (χ2n) is 4.83. The molecule has 2 rings (SSSR count). The van der Waals surface area contributed by atoms with E-state index >= 15 is 0 Å². The molecule has 0 saturated carbocycles. The molecule has 2 atom stereocenters. The smallest absolute Gasteiger partial charge is 0.339 e. The lowest BCUT2D eigenvalue weighted by atomic mass is 10.2. The summed E-state index contributed by atoms with van der Waals surface area (Å²) in [5, 5.41) is 4.69. The first kappa shape index (κ1) is 17.4. The molecule has 0 saturated heterocycles. The number of hydrogen-bond acceptors (Lipinski definition) is 5. The molecule has 1 N–H and O–H groups in total. The monoisotopic (exact) mass is 351 g/mol. The Bertz CT molecular complexity index is 713. The van der Waals surface area contributed by atoms with Crippen LogP contribution in [0, 0.1) is 0 Å². The fourth-order valence-electron chi connectivity index (χ4n) is 1.99. The van der Waals surface area contributed by atoms with Gasteiger partial charge in [0.1, 0.15) is 0 Å². The maximum Gasteiger partial charge on any atom is 0.339 e. The van der Waals surface area contributed by atoms with Crippen LogP contribution in [-0.4, -0.2) is 28.9 Å². The minimum Gasteiger partial charge on any atom is -0.452 e. The van der Waals surface area contributed by atoms with Crippen molar-refractivity contribution in [3.8, 4) is 0 Å². The molecule has 122 valence electrons. The molecule has 0 radical (unpaired) electrons. The van der Waals surface area contributed by atoms with E-state index < -0.39 is 16.8 Å². The molecule has 0 aliphatic carbocycles. The lowest BCUT2D eigenvalue weighted by Crippen LogP contribution is -2.30. The summed E-state index contributed by atoms with van der Waals surface area (Å²) in [6, 6.07) is 10.2. The van der Waals surface area contributed by atoms with Crippen LogP contribution in [0.2, 0.25) is 0 Å². The standard InChI is InChI=1S/C16H17NO4S2/c1-11(13-7-5-9-22-13)17-15(18)10-21-16(19)12-6-3-4-8-14(12)23(2)20/h3-9,11H,10H2,1-2H3,(H,17,18)/t11-,23-/m1/s1. The molecule has 0 unspecified atom stereocenters. The minimum atomic E-state index is -1.30. The lowest BCUT2D eigenvalue weighted by molar-refractivity contribution is -0.124. The number of benzene rings is 1. The lowest BCUT2D eigenvalue weighted by Gasteiger charge is -2.12. The van der Waals surface area contributed by atoms with Crippen LogP contribution in [0.3, 0.4) is 0 Å². The van der Waals surface area contributed by atoms with Crippen LogP contribution in [0.4, 0.5) is 0 Å². The third-order valence-corrected chi connectivity index (χ3v) is 5.13. The fourth-order valence-corrected chi connectivity index (χ4v) is 3.45. The van der Waals surface area contributed by atoms with Crippen LogP contribution < -0.4 is 5.32 Å². The van der Waals surface area contributed by atoms with Crippen LogP contribution >= 0.6 is 11.3 Å². The first-order chi connectivity index (χ1) is 11.0. The van der Waals surface area contributed by atoms with Gasteiger partial charge in [-0.3, -0.25) is 9.00 Å².